The lowest BCUT2D eigenvalue weighted by Crippen LogP contribution is -2.63. The zero-order valence-corrected chi connectivity index (χ0v) is 16.8. The molecule has 0 bridgehead atoms. The minimum absolute atomic E-state index is 0.302. The number of hydrogen-bond acceptors (Lipinski definition) is 2. The SMILES string of the molecule is CC(C)N(C)CCC(F)(F)C(F)(F)C(F)(F)C(F)(F)CCN(C)C(C)(C)C. The van der Waals surface area contributed by atoms with Gasteiger partial charge in [-0.1, -0.05) is 0 Å². The quantitative estimate of drug-likeness (QED) is 0.443. The number of rotatable bonds is 10. The first-order valence-electron chi connectivity index (χ1n) is 8.63. The molecule has 164 valence electrons. The van der Waals surface area contributed by atoms with E-state index in [2.05, 4.69) is 0 Å². The molecule has 0 saturated carbocycles. The Morgan fingerprint density at radius 2 is 1.00 bits per heavy atom. The minimum Gasteiger partial charge on any atom is -0.304 e. The maximum atomic E-state index is 13.9. The average molecular weight is 414 g/mol. The van der Waals surface area contributed by atoms with E-state index in [1.165, 1.54) is 23.9 Å². The zero-order valence-electron chi connectivity index (χ0n) is 16.8. The minimum atomic E-state index is -6.20. The molecule has 0 radical (unpaired) electrons. The highest BCUT2D eigenvalue weighted by Gasteiger charge is 2.79. The van der Waals surface area contributed by atoms with E-state index in [1.807, 2.05) is 0 Å². The summed E-state index contributed by atoms with van der Waals surface area (Å²) in [6, 6.07) is -0.302. The van der Waals surface area contributed by atoms with Gasteiger partial charge in [-0.25, -0.2) is 0 Å². The van der Waals surface area contributed by atoms with Gasteiger partial charge in [0, 0.05) is 37.5 Å². The van der Waals surface area contributed by atoms with Crippen molar-refractivity contribution in [2.75, 3.05) is 27.2 Å². The lowest BCUT2D eigenvalue weighted by atomic mass is 9.94. The summed E-state index contributed by atoms with van der Waals surface area (Å²) in [4.78, 5) is 2.49. The molecule has 0 aliphatic rings. The molecule has 0 aromatic rings. The van der Waals surface area contributed by atoms with Crippen LogP contribution in [0.25, 0.3) is 0 Å². The van der Waals surface area contributed by atoms with Crippen molar-refractivity contribution < 1.29 is 35.1 Å². The van der Waals surface area contributed by atoms with Crippen LogP contribution in [0.4, 0.5) is 35.1 Å². The smallest absolute Gasteiger partial charge is 0.304 e. The van der Waals surface area contributed by atoms with E-state index in [1.54, 1.807) is 34.6 Å². The van der Waals surface area contributed by atoms with Gasteiger partial charge in [0.1, 0.15) is 0 Å². The van der Waals surface area contributed by atoms with Crippen molar-refractivity contribution in [1.82, 2.24) is 9.80 Å². The van der Waals surface area contributed by atoms with E-state index in [0.717, 1.165) is 0 Å². The van der Waals surface area contributed by atoms with Crippen LogP contribution in [0.1, 0.15) is 47.5 Å². The largest absolute Gasteiger partial charge is 0.378 e. The summed E-state index contributed by atoms with van der Waals surface area (Å²) in [5, 5.41) is 0. The standard InChI is InChI=1S/C17H30F8N2/c1-12(2)26(6)10-8-14(18,19)16(22,23)17(24,25)15(20,21)9-11-27(7)13(3,4)5/h12H,8-11H2,1-7H3. The second kappa shape index (κ2) is 8.39. The summed E-state index contributed by atoms with van der Waals surface area (Å²) >= 11 is 0. The van der Waals surface area contributed by atoms with Gasteiger partial charge in [-0.2, -0.15) is 35.1 Å². The second-order valence-electron chi connectivity index (χ2n) is 8.22. The van der Waals surface area contributed by atoms with Crippen LogP contribution in [0, 0.1) is 0 Å². The van der Waals surface area contributed by atoms with Crippen LogP contribution in [0.5, 0.6) is 0 Å². The predicted octanol–water partition coefficient (Wildman–Crippen LogP) is 5.38. The summed E-state index contributed by atoms with van der Waals surface area (Å²) in [7, 11) is 2.69. The molecule has 0 spiro atoms. The molecule has 0 aromatic carbocycles. The Hall–Kier alpha value is -0.640. The first kappa shape index (κ1) is 26.4. The van der Waals surface area contributed by atoms with Crippen LogP contribution in [0.3, 0.4) is 0 Å². The normalized spacial score (nSPS) is 15.3. The van der Waals surface area contributed by atoms with E-state index in [4.69, 9.17) is 0 Å². The van der Waals surface area contributed by atoms with Crippen molar-refractivity contribution in [1.29, 1.82) is 0 Å². The van der Waals surface area contributed by atoms with Crippen LogP contribution in [0.2, 0.25) is 0 Å². The van der Waals surface area contributed by atoms with Gasteiger partial charge >= 0.3 is 23.7 Å². The maximum absolute atomic E-state index is 13.9. The molecule has 0 amide bonds. The fourth-order valence-electron chi connectivity index (χ4n) is 1.99. The lowest BCUT2D eigenvalue weighted by molar-refractivity contribution is -0.368. The highest BCUT2D eigenvalue weighted by Crippen LogP contribution is 2.54. The number of alkyl halides is 8. The van der Waals surface area contributed by atoms with Crippen LogP contribution in [0.15, 0.2) is 0 Å². The molecule has 0 aromatic heterocycles. The Morgan fingerprint density at radius 3 is 1.30 bits per heavy atom. The Balaban J connectivity index is 5.41. The molecule has 2 nitrogen and oxygen atoms in total. The van der Waals surface area contributed by atoms with Crippen molar-refractivity contribution in [3.63, 3.8) is 0 Å². The molecule has 10 heteroatoms. The van der Waals surface area contributed by atoms with Crippen molar-refractivity contribution in [2.45, 2.75) is 82.7 Å². The number of halogens is 8. The summed E-state index contributed by atoms with van der Waals surface area (Å²) < 4.78 is 111. The average Bonchev–Trinajstić information content (AvgIpc) is 2.48. The molecular formula is C17H30F8N2. The summed E-state index contributed by atoms with van der Waals surface area (Å²) in [6.45, 7) is 6.69. The van der Waals surface area contributed by atoms with E-state index in [0.29, 0.717) is 0 Å². The topological polar surface area (TPSA) is 6.48 Å². The lowest BCUT2D eigenvalue weighted by Gasteiger charge is -2.39. The third-order valence-electron chi connectivity index (χ3n) is 4.88. The van der Waals surface area contributed by atoms with E-state index < -0.39 is 55.2 Å². The maximum Gasteiger partial charge on any atom is 0.378 e. The molecular weight excluding hydrogens is 384 g/mol. The van der Waals surface area contributed by atoms with Gasteiger partial charge in [-0.05, 0) is 48.7 Å². The molecule has 0 saturated heterocycles. The fraction of sp³-hybridized carbons (Fsp3) is 1.00. The van der Waals surface area contributed by atoms with Crippen molar-refractivity contribution >= 4 is 0 Å². The zero-order chi connectivity index (χ0) is 22.1. The molecule has 0 rings (SSSR count). The van der Waals surface area contributed by atoms with Crippen LogP contribution >= 0.6 is 0 Å². The second-order valence-corrected chi connectivity index (χ2v) is 8.22. The highest BCUT2D eigenvalue weighted by atomic mass is 19.4. The molecule has 0 N–H and O–H groups in total. The Bertz CT molecular complexity index is 472. The summed E-state index contributed by atoms with van der Waals surface area (Å²) in [6.07, 6.45) is -3.34. The van der Waals surface area contributed by atoms with Crippen molar-refractivity contribution in [2.24, 2.45) is 0 Å². The van der Waals surface area contributed by atoms with Crippen LogP contribution < -0.4 is 0 Å². The molecule has 0 aliphatic carbocycles. The van der Waals surface area contributed by atoms with Gasteiger partial charge < -0.3 is 9.80 Å². The molecule has 27 heavy (non-hydrogen) atoms. The monoisotopic (exact) mass is 414 g/mol. The van der Waals surface area contributed by atoms with Gasteiger partial charge in [-0.3, -0.25) is 0 Å². The third-order valence-corrected chi connectivity index (χ3v) is 4.88. The summed E-state index contributed by atoms with van der Waals surface area (Å²) in [5.41, 5.74) is -0.681. The molecule has 0 aliphatic heterocycles. The van der Waals surface area contributed by atoms with Crippen LogP contribution in [-0.4, -0.2) is 72.3 Å². The van der Waals surface area contributed by atoms with Crippen molar-refractivity contribution in [3.8, 4) is 0 Å². The fourth-order valence-corrected chi connectivity index (χ4v) is 1.99. The van der Waals surface area contributed by atoms with Gasteiger partial charge in [0.2, 0.25) is 0 Å². The predicted molar refractivity (Wildman–Crippen MR) is 89.2 cm³/mol. The molecule has 0 heterocycles. The molecule has 0 fully saturated rings. The Labute approximate surface area is 155 Å². The first-order chi connectivity index (χ1) is 11.7. The molecule has 0 atom stereocenters. The Kier molecular flexibility index (Phi) is 8.19. The van der Waals surface area contributed by atoms with E-state index >= 15 is 0 Å². The first-order valence-corrected chi connectivity index (χ1v) is 8.63. The van der Waals surface area contributed by atoms with E-state index in [9.17, 15) is 35.1 Å². The van der Waals surface area contributed by atoms with Crippen molar-refractivity contribution in [3.05, 3.63) is 0 Å². The van der Waals surface area contributed by atoms with Crippen LogP contribution in [-0.2, 0) is 0 Å². The van der Waals surface area contributed by atoms with Gasteiger partial charge in [0.05, 0.1) is 0 Å². The highest BCUT2D eigenvalue weighted by molar-refractivity contribution is 5.04. The Morgan fingerprint density at radius 1 is 0.667 bits per heavy atom. The number of nitrogens with zero attached hydrogens (tertiary/aromatic N) is 2. The van der Waals surface area contributed by atoms with E-state index in [-0.39, 0.29) is 6.04 Å². The van der Waals surface area contributed by atoms with Gasteiger partial charge in [0.25, 0.3) is 0 Å². The number of hydrogen-bond donors (Lipinski definition) is 0. The summed E-state index contributed by atoms with van der Waals surface area (Å²) in [5.74, 6) is -23.0. The molecule has 0 unspecified atom stereocenters. The van der Waals surface area contributed by atoms with Gasteiger partial charge in [0.15, 0.2) is 0 Å². The third kappa shape index (κ3) is 5.92. The van der Waals surface area contributed by atoms with Gasteiger partial charge in [-0.15, -0.1) is 0 Å².